The van der Waals surface area contributed by atoms with Crippen molar-refractivity contribution in [3.8, 4) is 5.75 Å². The first kappa shape index (κ1) is 23.3. The zero-order chi connectivity index (χ0) is 23.4. The molecule has 8 nitrogen and oxygen atoms in total. The first-order chi connectivity index (χ1) is 16.0. The highest BCUT2D eigenvalue weighted by Crippen LogP contribution is 2.53. The average molecular weight is 457 g/mol. The van der Waals surface area contributed by atoms with Crippen LogP contribution < -0.4 is 4.74 Å². The van der Waals surface area contributed by atoms with Gasteiger partial charge in [-0.1, -0.05) is 24.6 Å². The minimum absolute atomic E-state index is 0.00954. The number of methoxy groups -OCH3 is 2. The molecule has 1 aliphatic carbocycles. The Hall–Kier alpha value is -2.87. The maximum Gasteiger partial charge on any atom is 0.318 e. The molecular weight excluding hydrogens is 424 g/mol. The van der Waals surface area contributed by atoms with Gasteiger partial charge in [-0.05, 0) is 37.0 Å². The second kappa shape index (κ2) is 9.95. The first-order valence-electron chi connectivity index (χ1n) is 11.6. The molecule has 2 amide bonds. The lowest BCUT2D eigenvalue weighted by molar-refractivity contribution is -0.156. The van der Waals surface area contributed by atoms with E-state index in [4.69, 9.17) is 14.2 Å². The summed E-state index contributed by atoms with van der Waals surface area (Å²) in [4.78, 5) is 43.7. The zero-order valence-corrected chi connectivity index (χ0v) is 19.4. The molecule has 33 heavy (non-hydrogen) atoms. The number of carbonyl (C=O) groups is 3. The van der Waals surface area contributed by atoms with E-state index in [-0.39, 0.29) is 18.2 Å². The molecule has 0 spiro atoms. The molecule has 0 radical (unpaired) electrons. The molecule has 178 valence electrons. The molecule has 0 bridgehead atoms. The van der Waals surface area contributed by atoms with Crippen molar-refractivity contribution in [3.63, 3.8) is 0 Å². The Morgan fingerprint density at radius 1 is 1.12 bits per heavy atom. The summed E-state index contributed by atoms with van der Waals surface area (Å²) in [5.41, 5.74) is 0.484. The van der Waals surface area contributed by atoms with Crippen LogP contribution >= 0.6 is 0 Å². The Labute approximate surface area is 194 Å². The lowest BCUT2D eigenvalue weighted by Crippen LogP contribution is -2.45. The number of allylic oxidation sites excluding steroid dienone is 1. The van der Waals surface area contributed by atoms with Gasteiger partial charge in [-0.3, -0.25) is 14.4 Å². The Morgan fingerprint density at radius 3 is 2.52 bits per heavy atom. The number of rotatable bonds is 6. The molecule has 4 rings (SSSR count). The Balaban J connectivity index is 1.69. The van der Waals surface area contributed by atoms with E-state index in [1.54, 1.807) is 16.9 Å². The molecule has 0 saturated carbocycles. The fourth-order valence-corrected chi connectivity index (χ4v) is 5.30. The van der Waals surface area contributed by atoms with Crippen LogP contribution in [-0.4, -0.2) is 68.1 Å². The van der Waals surface area contributed by atoms with E-state index in [0.29, 0.717) is 45.0 Å². The van der Waals surface area contributed by atoms with Gasteiger partial charge in [-0.15, -0.1) is 0 Å². The van der Waals surface area contributed by atoms with Gasteiger partial charge in [0.2, 0.25) is 11.8 Å². The molecule has 2 atom stereocenters. The topological polar surface area (TPSA) is 85.4 Å². The van der Waals surface area contributed by atoms with Gasteiger partial charge in [0.1, 0.15) is 11.2 Å². The van der Waals surface area contributed by atoms with Gasteiger partial charge in [0.05, 0.1) is 39.9 Å². The summed E-state index contributed by atoms with van der Waals surface area (Å²) < 4.78 is 15.9. The summed E-state index contributed by atoms with van der Waals surface area (Å²) in [5.74, 6) is -0.775. The number of likely N-dealkylation sites (tertiary alicyclic amines) is 1. The largest absolute Gasteiger partial charge is 0.497 e. The maximum atomic E-state index is 13.8. The number of nitrogens with zero attached hydrogens (tertiary/aromatic N) is 2. The third-order valence-corrected chi connectivity index (χ3v) is 7.06. The molecule has 2 fully saturated rings. The van der Waals surface area contributed by atoms with Crippen LogP contribution in [0.25, 0.3) is 0 Å². The molecule has 2 aliphatic heterocycles. The van der Waals surface area contributed by atoms with Gasteiger partial charge in [0.25, 0.3) is 0 Å². The van der Waals surface area contributed by atoms with E-state index in [1.165, 1.54) is 7.11 Å². The Morgan fingerprint density at radius 2 is 1.85 bits per heavy atom. The van der Waals surface area contributed by atoms with Crippen LogP contribution in [0.1, 0.15) is 37.7 Å². The van der Waals surface area contributed by atoms with Crippen LogP contribution in [0.5, 0.6) is 5.75 Å². The minimum Gasteiger partial charge on any atom is -0.497 e. The van der Waals surface area contributed by atoms with Crippen molar-refractivity contribution in [1.82, 2.24) is 9.80 Å². The smallest absolute Gasteiger partial charge is 0.318 e. The summed E-state index contributed by atoms with van der Waals surface area (Å²) in [6, 6.07) is 7.53. The summed E-state index contributed by atoms with van der Waals surface area (Å²) in [6.45, 7) is 2.31. The van der Waals surface area contributed by atoms with Gasteiger partial charge in [0.15, 0.2) is 0 Å². The van der Waals surface area contributed by atoms with E-state index >= 15 is 0 Å². The lowest BCUT2D eigenvalue weighted by Gasteiger charge is -2.33. The third kappa shape index (κ3) is 4.36. The second-order valence-corrected chi connectivity index (χ2v) is 8.82. The van der Waals surface area contributed by atoms with Crippen LogP contribution in [0.4, 0.5) is 0 Å². The van der Waals surface area contributed by atoms with Crippen LogP contribution in [0.15, 0.2) is 36.0 Å². The lowest BCUT2D eigenvalue weighted by atomic mass is 9.71. The standard InChI is InChI=1S/C25H32N2O6/c1-31-19-9-7-18(8-10-19)17-27-21-6-4-3-5-11-25(21,24(30)32-2)20(23(27)29)16-22(28)26-12-14-33-15-13-26/h6-10,20H,3-5,11-17H2,1-2H3/t20-,25-/m0/s1. The normalized spacial score (nSPS) is 25.2. The van der Waals surface area contributed by atoms with Crippen molar-refractivity contribution in [2.75, 3.05) is 40.5 Å². The molecule has 1 aromatic carbocycles. The maximum absolute atomic E-state index is 13.8. The van der Waals surface area contributed by atoms with Crippen LogP contribution in [0, 0.1) is 11.3 Å². The SMILES string of the molecule is COC(=O)[C@]12CCCCC=C1N(Cc1ccc(OC)cc1)C(=O)[C@@H]2CC(=O)N1CCOCC1. The Kier molecular flexibility index (Phi) is 7.02. The fraction of sp³-hybridized carbons (Fsp3) is 0.560. The van der Waals surface area contributed by atoms with Crippen molar-refractivity contribution in [3.05, 3.63) is 41.6 Å². The molecule has 8 heteroatoms. The minimum atomic E-state index is -1.13. The van der Waals surface area contributed by atoms with Crippen molar-refractivity contribution in [2.24, 2.45) is 11.3 Å². The van der Waals surface area contributed by atoms with Crippen molar-refractivity contribution >= 4 is 17.8 Å². The number of esters is 1. The number of morpholine rings is 1. The first-order valence-corrected chi connectivity index (χ1v) is 11.6. The van der Waals surface area contributed by atoms with E-state index in [2.05, 4.69) is 0 Å². The highest BCUT2D eigenvalue weighted by Gasteiger charge is 2.61. The third-order valence-electron chi connectivity index (χ3n) is 7.06. The van der Waals surface area contributed by atoms with Crippen LogP contribution in [0.3, 0.4) is 0 Å². The number of amides is 2. The molecular formula is C25H32N2O6. The molecule has 2 heterocycles. The molecule has 0 unspecified atom stereocenters. The van der Waals surface area contributed by atoms with Crippen LogP contribution in [-0.2, 0) is 30.4 Å². The predicted octanol–water partition coefficient (Wildman–Crippen LogP) is 2.52. The van der Waals surface area contributed by atoms with Gasteiger partial charge in [0, 0.05) is 25.2 Å². The number of ether oxygens (including phenoxy) is 3. The van der Waals surface area contributed by atoms with E-state index < -0.39 is 17.3 Å². The fourth-order valence-electron chi connectivity index (χ4n) is 5.30. The summed E-state index contributed by atoms with van der Waals surface area (Å²) in [5, 5.41) is 0. The highest BCUT2D eigenvalue weighted by atomic mass is 16.5. The average Bonchev–Trinajstić information content (AvgIpc) is 2.99. The number of hydrogen-bond acceptors (Lipinski definition) is 6. The number of hydrogen-bond donors (Lipinski definition) is 0. The van der Waals surface area contributed by atoms with Gasteiger partial charge < -0.3 is 24.0 Å². The molecule has 1 aromatic rings. The van der Waals surface area contributed by atoms with Crippen molar-refractivity contribution < 1.29 is 28.6 Å². The van der Waals surface area contributed by atoms with E-state index in [0.717, 1.165) is 30.6 Å². The van der Waals surface area contributed by atoms with E-state index in [9.17, 15) is 14.4 Å². The Bertz CT molecular complexity index is 921. The second-order valence-electron chi connectivity index (χ2n) is 8.82. The zero-order valence-electron chi connectivity index (χ0n) is 19.4. The van der Waals surface area contributed by atoms with Crippen molar-refractivity contribution in [2.45, 2.75) is 38.6 Å². The summed E-state index contributed by atoms with van der Waals surface area (Å²) in [6.07, 6.45) is 4.99. The summed E-state index contributed by atoms with van der Waals surface area (Å²) >= 11 is 0. The molecule has 2 saturated heterocycles. The van der Waals surface area contributed by atoms with Gasteiger partial charge in [-0.25, -0.2) is 0 Å². The number of fused-ring (bicyclic) bond motifs is 1. The van der Waals surface area contributed by atoms with Crippen LogP contribution in [0.2, 0.25) is 0 Å². The molecule has 3 aliphatic rings. The number of benzene rings is 1. The number of carbonyl (C=O) groups excluding carboxylic acids is 3. The highest BCUT2D eigenvalue weighted by molar-refractivity contribution is 5.98. The molecule has 0 aromatic heterocycles. The monoisotopic (exact) mass is 456 g/mol. The molecule has 0 N–H and O–H groups in total. The van der Waals surface area contributed by atoms with Crippen molar-refractivity contribution in [1.29, 1.82) is 0 Å². The predicted molar refractivity (Wildman–Crippen MR) is 120 cm³/mol. The summed E-state index contributed by atoms with van der Waals surface area (Å²) in [7, 11) is 2.97. The quantitative estimate of drug-likeness (QED) is 0.612. The van der Waals surface area contributed by atoms with Gasteiger partial charge in [-0.2, -0.15) is 0 Å². The van der Waals surface area contributed by atoms with E-state index in [1.807, 2.05) is 30.3 Å². The van der Waals surface area contributed by atoms with Gasteiger partial charge >= 0.3 is 5.97 Å².